The van der Waals surface area contributed by atoms with Gasteiger partial charge in [-0.05, 0) is 31.6 Å². The van der Waals surface area contributed by atoms with Crippen LogP contribution in [0.4, 0.5) is 4.79 Å². The Labute approximate surface area is 119 Å². The van der Waals surface area contributed by atoms with Gasteiger partial charge in [0, 0.05) is 13.1 Å². The van der Waals surface area contributed by atoms with Crippen molar-refractivity contribution in [3.05, 3.63) is 12.7 Å². The van der Waals surface area contributed by atoms with E-state index < -0.39 is 17.5 Å². The average molecular weight is 284 g/mol. The van der Waals surface area contributed by atoms with E-state index in [0.717, 1.165) is 12.8 Å². The fourth-order valence-corrected chi connectivity index (χ4v) is 2.48. The Balaban J connectivity index is 2.76. The molecule has 0 aromatic heterocycles. The van der Waals surface area contributed by atoms with Crippen LogP contribution in [-0.2, 0) is 4.79 Å². The fraction of sp³-hybridized carbons (Fsp3) is 0.714. The molecule has 0 unspecified atom stereocenters. The zero-order valence-electron chi connectivity index (χ0n) is 12.0. The van der Waals surface area contributed by atoms with Gasteiger partial charge in [0.2, 0.25) is 0 Å². The predicted molar refractivity (Wildman–Crippen MR) is 75.4 cm³/mol. The summed E-state index contributed by atoms with van der Waals surface area (Å²) in [5.74, 6) is -0.499. The van der Waals surface area contributed by atoms with E-state index in [1.54, 1.807) is 6.08 Å². The molecule has 0 aromatic rings. The first-order chi connectivity index (χ1) is 9.45. The van der Waals surface area contributed by atoms with Crippen LogP contribution in [0, 0.1) is 5.92 Å². The number of aliphatic hydroxyl groups excluding tert-OH is 1. The summed E-state index contributed by atoms with van der Waals surface area (Å²) in [5.41, 5.74) is -1.18. The minimum Gasteiger partial charge on any atom is -0.480 e. The van der Waals surface area contributed by atoms with Crippen LogP contribution in [0.3, 0.4) is 0 Å². The number of amides is 2. The van der Waals surface area contributed by atoms with Gasteiger partial charge in [-0.3, -0.25) is 0 Å². The van der Waals surface area contributed by atoms with Crippen LogP contribution in [-0.4, -0.2) is 52.3 Å². The molecule has 0 aliphatic heterocycles. The molecule has 0 radical (unpaired) electrons. The molecule has 3 N–H and O–H groups in total. The van der Waals surface area contributed by atoms with E-state index in [2.05, 4.69) is 18.8 Å². The fourth-order valence-electron chi connectivity index (χ4n) is 2.48. The van der Waals surface area contributed by atoms with Gasteiger partial charge in [0.05, 0.1) is 6.61 Å². The Bertz CT molecular complexity index is 362. The molecule has 0 aromatic carbocycles. The molecule has 114 valence electrons. The first-order valence-corrected chi connectivity index (χ1v) is 6.97. The molecule has 0 heterocycles. The summed E-state index contributed by atoms with van der Waals surface area (Å²) < 4.78 is 0. The lowest BCUT2D eigenvalue weighted by molar-refractivity contribution is -0.146. The molecule has 0 atom stereocenters. The quantitative estimate of drug-likeness (QED) is 0.639. The van der Waals surface area contributed by atoms with Crippen LogP contribution in [0.1, 0.15) is 32.6 Å². The first kappa shape index (κ1) is 16.5. The first-order valence-electron chi connectivity index (χ1n) is 6.97. The van der Waals surface area contributed by atoms with Crippen molar-refractivity contribution in [1.29, 1.82) is 0 Å². The summed E-state index contributed by atoms with van der Waals surface area (Å²) in [4.78, 5) is 25.1. The molecule has 6 heteroatoms. The van der Waals surface area contributed by atoms with E-state index in [0.29, 0.717) is 18.8 Å². The highest BCUT2D eigenvalue weighted by atomic mass is 16.4. The third-order valence-electron chi connectivity index (χ3n) is 3.89. The van der Waals surface area contributed by atoms with Gasteiger partial charge in [-0.15, -0.1) is 6.58 Å². The SMILES string of the molecule is C=CCN(CCO)C(=O)NC1(C(=O)O)CCC(C)CC1. The van der Waals surface area contributed by atoms with Crippen molar-refractivity contribution in [2.75, 3.05) is 19.7 Å². The predicted octanol–water partition coefficient (Wildman–Crippen LogP) is 1.21. The van der Waals surface area contributed by atoms with Crippen molar-refractivity contribution < 1.29 is 19.8 Å². The zero-order valence-corrected chi connectivity index (χ0v) is 12.0. The molecule has 1 aliphatic carbocycles. The van der Waals surface area contributed by atoms with Crippen molar-refractivity contribution in [2.24, 2.45) is 5.92 Å². The Morgan fingerprint density at radius 2 is 2.05 bits per heavy atom. The van der Waals surface area contributed by atoms with E-state index in [9.17, 15) is 14.7 Å². The summed E-state index contributed by atoms with van der Waals surface area (Å²) in [6, 6.07) is -0.462. The van der Waals surface area contributed by atoms with Gasteiger partial charge in [-0.2, -0.15) is 0 Å². The van der Waals surface area contributed by atoms with Gasteiger partial charge < -0.3 is 20.4 Å². The molecule has 0 bridgehead atoms. The third-order valence-corrected chi connectivity index (χ3v) is 3.89. The van der Waals surface area contributed by atoms with Crippen LogP contribution in [0.2, 0.25) is 0 Å². The molecule has 1 rings (SSSR count). The maximum atomic E-state index is 12.2. The van der Waals surface area contributed by atoms with Crippen molar-refractivity contribution in [3.63, 3.8) is 0 Å². The van der Waals surface area contributed by atoms with Crippen molar-refractivity contribution >= 4 is 12.0 Å². The summed E-state index contributed by atoms with van der Waals surface area (Å²) in [7, 11) is 0. The van der Waals surface area contributed by atoms with Gasteiger partial charge >= 0.3 is 12.0 Å². The van der Waals surface area contributed by atoms with E-state index >= 15 is 0 Å². The van der Waals surface area contributed by atoms with Crippen molar-refractivity contribution in [2.45, 2.75) is 38.1 Å². The molecule has 1 fully saturated rings. The average Bonchev–Trinajstić information content (AvgIpc) is 2.41. The second kappa shape index (κ2) is 7.28. The van der Waals surface area contributed by atoms with E-state index in [4.69, 9.17) is 5.11 Å². The van der Waals surface area contributed by atoms with E-state index in [1.807, 2.05) is 0 Å². The highest BCUT2D eigenvalue weighted by Crippen LogP contribution is 2.32. The lowest BCUT2D eigenvalue weighted by Crippen LogP contribution is -2.59. The molecular formula is C14H24N2O4. The molecule has 0 saturated heterocycles. The molecule has 6 nitrogen and oxygen atoms in total. The normalized spacial score (nSPS) is 25.8. The minimum absolute atomic E-state index is 0.157. The smallest absolute Gasteiger partial charge is 0.329 e. The number of carboxylic acid groups (broad SMARTS) is 1. The van der Waals surface area contributed by atoms with Gasteiger partial charge in [0.15, 0.2) is 0 Å². The number of nitrogens with zero attached hydrogens (tertiary/aromatic N) is 1. The number of hydrogen-bond acceptors (Lipinski definition) is 3. The Morgan fingerprint density at radius 1 is 1.45 bits per heavy atom. The summed E-state index contributed by atoms with van der Waals surface area (Å²) >= 11 is 0. The standard InChI is InChI=1S/C14H24N2O4/c1-3-8-16(9-10-17)13(20)15-14(12(18)19)6-4-11(2)5-7-14/h3,11,17H,1,4-10H2,2H3,(H,15,20)(H,18,19). The number of carboxylic acids is 1. The number of aliphatic carboxylic acids is 1. The van der Waals surface area contributed by atoms with E-state index in [1.165, 1.54) is 4.90 Å². The Kier molecular flexibility index (Phi) is 6.01. The number of hydrogen-bond donors (Lipinski definition) is 3. The Hall–Kier alpha value is -1.56. The maximum Gasteiger partial charge on any atom is 0.329 e. The molecule has 0 spiro atoms. The number of nitrogens with one attached hydrogen (secondary N) is 1. The molecule has 2 amide bonds. The molecule has 20 heavy (non-hydrogen) atoms. The van der Waals surface area contributed by atoms with Gasteiger partial charge in [0.25, 0.3) is 0 Å². The minimum atomic E-state index is -1.18. The second-order valence-corrected chi connectivity index (χ2v) is 5.46. The van der Waals surface area contributed by atoms with Crippen LogP contribution < -0.4 is 5.32 Å². The third kappa shape index (κ3) is 3.96. The highest BCUT2D eigenvalue weighted by molar-refractivity contribution is 5.86. The van der Waals surface area contributed by atoms with Crippen LogP contribution in [0.5, 0.6) is 0 Å². The largest absolute Gasteiger partial charge is 0.480 e. The maximum absolute atomic E-state index is 12.2. The van der Waals surface area contributed by atoms with Crippen molar-refractivity contribution in [3.8, 4) is 0 Å². The van der Waals surface area contributed by atoms with Crippen LogP contribution in [0.15, 0.2) is 12.7 Å². The number of rotatable bonds is 6. The number of carbonyl (C=O) groups is 2. The van der Waals surface area contributed by atoms with Gasteiger partial charge in [-0.25, -0.2) is 9.59 Å². The number of urea groups is 1. The topological polar surface area (TPSA) is 89.9 Å². The second-order valence-electron chi connectivity index (χ2n) is 5.46. The summed E-state index contributed by atoms with van der Waals surface area (Å²) in [6.45, 7) is 5.91. The summed E-state index contributed by atoms with van der Waals surface area (Å²) in [5, 5.41) is 21.1. The molecular weight excluding hydrogens is 260 g/mol. The van der Waals surface area contributed by atoms with E-state index in [-0.39, 0.29) is 19.7 Å². The van der Waals surface area contributed by atoms with Crippen LogP contribution >= 0.6 is 0 Å². The highest BCUT2D eigenvalue weighted by Gasteiger charge is 2.43. The Morgan fingerprint density at radius 3 is 2.50 bits per heavy atom. The van der Waals surface area contributed by atoms with Crippen molar-refractivity contribution in [1.82, 2.24) is 10.2 Å². The molecule has 1 aliphatic rings. The lowest BCUT2D eigenvalue weighted by atomic mass is 9.77. The number of carbonyl (C=O) groups excluding carboxylic acids is 1. The molecule has 1 saturated carbocycles. The van der Waals surface area contributed by atoms with Gasteiger partial charge in [-0.1, -0.05) is 13.0 Å². The van der Waals surface area contributed by atoms with Gasteiger partial charge in [0.1, 0.15) is 5.54 Å². The lowest BCUT2D eigenvalue weighted by Gasteiger charge is -2.37. The zero-order chi connectivity index (χ0) is 15.2. The number of aliphatic hydroxyl groups is 1. The monoisotopic (exact) mass is 284 g/mol. The summed E-state index contributed by atoms with van der Waals surface area (Å²) in [6.07, 6.45) is 4.00. The van der Waals surface area contributed by atoms with Crippen LogP contribution in [0.25, 0.3) is 0 Å².